The Morgan fingerprint density at radius 3 is 2.84 bits per heavy atom. The minimum atomic E-state index is -0.195. The Balaban J connectivity index is 1.32. The molecule has 0 atom stereocenters. The van der Waals surface area contributed by atoms with Gasteiger partial charge in [0.05, 0.1) is 22.5 Å². The summed E-state index contributed by atoms with van der Waals surface area (Å²) in [6, 6.07) is 17.8. The van der Waals surface area contributed by atoms with Gasteiger partial charge in [0.1, 0.15) is 0 Å². The number of pyridine rings is 1. The number of aryl methyl sites for hydroxylation is 1. The monoisotopic (exact) mass is 448 g/mol. The van der Waals surface area contributed by atoms with Crippen LogP contribution in [0.5, 0.6) is 0 Å². The van der Waals surface area contributed by atoms with Crippen molar-refractivity contribution >= 4 is 44.9 Å². The maximum Gasteiger partial charge on any atom is 0.259 e. The number of aromatic nitrogens is 2. The molecule has 5 rings (SSSR count). The number of carbonyl (C=O) groups excluding carboxylic acids is 1. The van der Waals surface area contributed by atoms with E-state index in [0.29, 0.717) is 21.4 Å². The van der Waals surface area contributed by atoms with Crippen LogP contribution in [0.15, 0.2) is 54.6 Å². The van der Waals surface area contributed by atoms with Crippen LogP contribution in [0.3, 0.4) is 0 Å². The first-order valence-electron chi connectivity index (χ1n) is 10.2. The van der Waals surface area contributed by atoms with E-state index in [0.717, 1.165) is 42.7 Å². The zero-order valence-corrected chi connectivity index (χ0v) is 18.6. The minimum Gasteiger partial charge on any atom is -0.298 e. The summed E-state index contributed by atoms with van der Waals surface area (Å²) in [7, 11) is 0. The molecule has 1 amide bonds. The minimum absolute atomic E-state index is 0.195. The number of halogens is 1. The molecule has 0 fully saturated rings. The number of fused-ring (bicyclic) bond motifs is 2. The Morgan fingerprint density at radius 1 is 1.16 bits per heavy atom. The predicted octanol–water partition coefficient (Wildman–Crippen LogP) is 5.46. The maximum atomic E-state index is 13.0. The molecular weight excluding hydrogens is 428 g/mol. The van der Waals surface area contributed by atoms with Crippen molar-refractivity contribution in [3.8, 4) is 0 Å². The molecule has 5 nitrogen and oxygen atoms in total. The molecule has 31 heavy (non-hydrogen) atoms. The Morgan fingerprint density at radius 2 is 2.00 bits per heavy atom. The van der Waals surface area contributed by atoms with Crippen LogP contribution in [0.4, 0.5) is 5.13 Å². The number of nitrogens with zero attached hydrogens (tertiary/aromatic N) is 3. The molecule has 0 radical (unpaired) electrons. The average molecular weight is 449 g/mol. The van der Waals surface area contributed by atoms with Crippen LogP contribution in [0, 0.1) is 6.92 Å². The van der Waals surface area contributed by atoms with Crippen LogP contribution >= 0.6 is 22.9 Å². The second kappa shape index (κ2) is 8.38. The molecule has 2 aromatic heterocycles. The highest BCUT2D eigenvalue weighted by Gasteiger charge is 2.22. The van der Waals surface area contributed by atoms with Crippen molar-refractivity contribution in [3.63, 3.8) is 0 Å². The lowest BCUT2D eigenvalue weighted by Crippen LogP contribution is -2.29. The van der Waals surface area contributed by atoms with Crippen molar-refractivity contribution in [1.82, 2.24) is 14.9 Å². The second-order valence-electron chi connectivity index (χ2n) is 7.75. The molecule has 1 aliphatic heterocycles. The number of thiazole rings is 1. The fourth-order valence-electron chi connectivity index (χ4n) is 3.92. The van der Waals surface area contributed by atoms with E-state index in [4.69, 9.17) is 11.6 Å². The number of nitrogens with one attached hydrogen (secondary N) is 1. The van der Waals surface area contributed by atoms with Gasteiger partial charge in [-0.3, -0.25) is 20.0 Å². The lowest BCUT2D eigenvalue weighted by atomic mass is 10.1. The average Bonchev–Trinajstić information content (AvgIpc) is 3.15. The normalized spacial score (nSPS) is 13.9. The quantitative estimate of drug-likeness (QED) is 0.450. The lowest BCUT2D eigenvalue weighted by Gasteiger charge is -2.25. The van der Waals surface area contributed by atoms with E-state index in [9.17, 15) is 4.79 Å². The SMILES string of the molecule is Cc1nc2ccc(Cl)cc2cc1C(=O)Nc1nc2c(s1)CN(Cc1ccccc1)CC2. The van der Waals surface area contributed by atoms with E-state index in [1.807, 2.05) is 31.2 Å². The summed E-state index contributed by atoms with van der Waals surface area (Å²) in [5.74, 6) is -0.195. The van der Waals surface area contributed by atoms with Gasteiger partial charge in [-0.05, 0) is 36.8 Å². The summed E-state index contributed by atoms with van der Waals surface area (Å²) in [6.07, 6.45) is 0.892. The third-order valence-electron chi connectivity index (χ3n) is 5.49. The molecule has 3 heterocycles. The molecule has 0 saturated carbocycles. The fraction of sp³-hybridized carbons (Fsp3) is 0.208. The van der Waals surface area contributed by atoms with Gasteiger partial charge in [0.15, 0.2) is 5.13 Å². The van der Waals surface area contributed by atoms with Crippen molar-refractivity contribution < 1.29 is 4.79 Å². The van der Waals surface area contributed by atoms with Crippen LogP contribution in [0.25, 0.3) is 10.9 Å². The zero-order valence-electron chi connectivity index (χ0n) is 17.1. The second-order valence-corrected chi connectivity index (χ2v) is 9.27. The molecule has 0 unspecified atom stereocenters. The smallest absolute Gasteiger partial charge is 0.259 e. The number of carbonyl (C=O) groups is 1. The number of benzene rings is 2. The van der Waals surface area contributed by atoms with Gasteiger partial charge in [-0.15, -0.1) is 11.3 Å². The Hall–Kier alpha value is -2.80. The van der Waals surface area contributed by atoms with Crippen molar-refractivity contribution in [3.05, 3.63) is 87.0 Å². The summed E-state index contributed by atoms with van der Waals surface area (Å²) in [6.45, 7) is 4.59. The summed E-state index contributed by atoms with van der Waals surface area (Å²) in [5, 5.41) is 5.09. The van der Waals surface area contributed by atoms with Gasteiger partial charge < -0.3 is 0 Å². The van der Waals surface area contributed by atoms with Gasteiger partial charge in [0.2, 0.25) is 0 Å². The molecule has 0 spiro atoms. The number of rotatable bonds is 4. The predicted molar refractivity (Wildman–Crippen MR) is 126 cm³/mol. The Bertz CT molecular complexity index is 1270. The highest BCUT2D eigenvalue weighted by Crippen LogP contribution is 2.30. The van der Waals surface area contributed by atoms with E-state index < -0.39 is 0 Å². The van der Waals surface area contributed by atoms with Gasteiger partial charge in [-0.2, -0.15) is 0 Å². The molecule has 156 valence electrons. The molecule has 0 aliphatic carbocycles. The Labute approximate surface area is 189 Å². The molecule has 0 bridgehead atoms. The van der Waals surface area contributed by atoms with Gasteiger partial charge in [0.25, 0.3) is 5.91 Å². The molecule has 4 aromatic rings. The third kappa shape index (κ3) is 4.32. The van der Waals surface area contributed by atoms with Crippen molar-refractivity contribution in [2.75, 3.05) is 11.9 Å². The van der Waals surface area contributed by atoms with E-state index >= 15 is 0 Å². The van der Waals surface area contributed by atoms with Gasteiger partial charge in [-0.25, -0.2) is 4.98 Å². The van der Waals surface area contributed by atoms with Gasteiger partial charge in [0, 0.05) is 41.3 Å². The van der Waals surface area contributed by atoms with Crippen molar-refractivity contribution in [1.29, 1.82) is 0 Å². The number of hydrogen-bond donors (Lipinski definition) is 1. The van der Waals surface area contributed by atoms with Crippen LogP contribution in [0.2, 0.25) is 5.02 Å². The highest BCUT2D eigenvalue weighted by atomic mass is 35.5. The molecule has 1 N–H and O–H groups in total. The first-order chi connectivity index (χ1) is 15.0. The molecule has 0 saturated heterocycles. The highest BCUT2D eigenvalue weighted by molar-refractivity contribution is 7.15. The van der Waals surface area contributed by atoms with Gasteiger partial charge >= 0.3 is 0 Å². The van der Waals surface area contributed by atoms with Gasteiger partial charge in [-0.1, -0.05) is 41.9 Å². The first kappa shape index (κ1) is 20.1. The van der Waals surface area contributed by atoms with E-state index in [-0.39, 0.29) is 5.91 Å². The molecular formula is C24H21ClN4OS. The van der Waals surface area contributed by atoms with Crippen molar-refractivity contribution in [2.24, 2.45) is 0 Å². The number of anilines is 1. The van der Waals surface area contributed by atoms with Crippen LogP contribution in [0.1, 0.15) is 32.2 Å². The molecule has 7 heteroatoms. The largest absolute Gasteiger partial charge is 0.298 e. The van der Waals surface area contributed by atoms with Crippen LogP contribution in [-0.2, 0) is 19.5 Å². The number of hydrogen-bond acceptors (Lipinski definition) is 5. The first-order valence-corrected chi connectivity index (χ1v) is 11.4. The summed E-state index contributed by atoms with van der Waals surface area (Å²) >= 11 is 7.66. The Kier molecular flexibility index (Phi) is 5.44. The van der Waals surface area contributed by atoms with Crippen LogP contribution in [-0.4, -0.2) is 27.3 Å². The summed E-state index contributed by atoms with van der Waals surface area (Å²) in [4.78, 5) is 25.8. The van der Waals surface area contributed by atoms with Crippen LogP contribution < -0.4 is 5.32 Å². The molecule has 2 aromatic carbocycles. The summed E-state index contributed by atoms with van der Waals surface area (Å²) < 4.78 is 0. The maximum absolute atomic E-state index is 13.0. The van der Waals surface area contributed by atoms with Crippen molar-refractivity contribution in [2.45, 2.75) is 26.4 Å². The zero-order chi connectivity index (χ0) is 21.4. The lowest BCUT2D eigenvalue weighted by molar-refractivity contribution is 0.102. The number of amides is 1. The topological polar surface area (TPSA) is 58.1 Å². The standard InChI is InChI=1S/C24H21ClN4OS/c1-15-19(12-17-11-18(25)7-8-20(17)26-15)23(30)28-24-27-21-9-10-29(14-22(21)31-24)13-16-5-3-2-4-6-16/h2-8,11-12H,9-10,13-14H2,1H3,(H,27,28,30). The van der Waals surface area contributed by atoms with E-state index in [1.54, 1.807) is 17.4 Å². The van der Waals surface area contributed by atoms with E-state index in [2.05, 4.69) is 44.5 Å². The molecule has 1 aliphatic rings. The van der Waals surface area contributed by atoms with E-state index in [1.165, 1.54) is 10.4 Å². The third-order valence-corrected chi connectivity index (χ3v) is 6.72. The fourth-order valence-corrected chi connectivity index (χ4v) is 5.14. The summed E-state index contributed by atoms with van der Waals surface area (Å²) in [5.41, 5.74) is 4.44.